The number of fused-ring (bicyclic) bond motifs is 1. The van der Waals surface area contributed by atoms with Crippen LogP contribution >= 0.6 is 12.4 Å². The summed E-state index contributed by atoms with van der Waals surface area (Å²) in [7, 11) is -3.59. The number of piperidine rings is 1. The van der Waals surface area contributed by atoms with Gasteiger partial charge in [-0.15, -0.1) is 12.4 Å². The number of carbonyl (C=O) groups excluding carboxylic acids is 1. The van der Waals surface area contributed by atoms with Crippen LogP contribution in [0.5, 0.6) is 0 Å². The van der Waals surface area contributed by atoms with Crippen LogP contribution in [0.2, 0.25) is 0 Å². The summed E-state index contributed by atoms with van der Waals surface area (Å²) in [4.78, 5) is 12.0. The van der Waals surface area contributed by atoms with Crippen molar-refractivity contribution in [3.05, 3.63) is 29.3 Å². The van der Waals surface area contributed by atoms with Crippen molar-refractivity contribution >= 4 is 28.3 Å². The molecule has 0 spiro atoms. The van der Waals surface area contributed by atoms with Gasteiger partial charge in [-0.25, -0.2) is 13.1 Å². The second-order valence-corrected chi connectivity index (χ2v) is 7.20. The molecule has 122 valence electrons. The minimum Gasteiger partial charge on any atom is -0.352 e. The van der Waals surface area contributed by atoms with Crippen molar-refractivity contribution in [2.45, 2.75) is 30.2 Å². The lowest BCUT2D eigenvalue weighted by molar-refractivity contribution is 0.0946. The fraction of sp³-hybridized carbons (Fsp3) is 0.500. The third-order valence-corrected chi connectivity index (χ3v) is 5.45. The number of sulfonamides is 1. The predicted octanol–water partition coefficient (Wildman–Crippen LogP) is 0.425. The van der Waals surface area contributed by atoms with Crippen LogP contribution in [0.1, 0.15) is 28.8 Å². The maximum atomic E-state index is 12.4. The summed E-state index contributed by atoms with van der Waals surface area (Å²) in [6.07, 6.45) is 2.53. The standard InChI is InChI=1S/C14H19N3O3S.ClH/c18-14-13-8-12(4-3-10(13)5-7-16-14)21(19,20)17-11-2-1-6-15-9-11;/h3-4,8,11,15,17H,1-2,5-7,9H2,(H,16,18);1H. The quantitative estimate of drug-likeness (QED) is 0.741. The molecule has 0 saturated carbocycles. The van der Waals surface area contributed by atoms with Crippen LogP contribution in [0, 0.1) is 0 Å². The first-order valence-electron chi connectivity index (χ1n) is 7.20. The molecule has 1 saturated heterocycles. The minimum atomic E-state index is -3.59. The largest absolute Gasteiger partial charge is 0.352 e. The number of carbonyl (C=O) groups is 1. The number of benzene rings is 1. The summed E-state index contributed by atoms with van der Waals surface area (Å²) in [5.41, 5.74) is 1.36. The van der Waals surface area contributed by atoms with E-state index in [1.807, 2.05) is 0 Å². The van der Waals surface area contributed by atoms with E-state index in [2.05, 4.69) is 15.4 Å². The fourth-order valence-corrected chi connectivity index (χ4v) is 4.09. The third kappa shape index (κ3) is 3.60. The Morgan fingerprint density at radius 3 is 2.77 bits per heavy atom. The Morgan fingerprint density at radius 1 is 1.23 bits per heavy atom. The van der Waals surface area contributed by atoms with E-state index in [1.165, 1.54) is 6.07 Å². The zero-order chi connectivity index (χ0) is 14.9. The Hall–Kier alpha value is -1.15. The van der Waals surface area contributed by atoms with E-state index >= 15 is 0 Å². The molecule has 0 aromatic heterocycles. The van der Waals surface area contributed by atoms with Gasteiger partial charge in [0.15, 0.2) is 0 Å². The molecule has 2 aliphatic heterocycles. The van der Waals surface area contributed by atoms with Gasteiger partial charge in [-0.2, -0.15) is 0 Å². The molecule has 1 aromatic carbocycles. The second kappa shape index (κ2) is 6.95. The van der Waals surface area contributed by atoms with Gasteiger partial charge in [-0.05, 0) is 43.5 Å². The first kappa shape index (κ1) is 17.2. The van der Waals surface area contributed by atoms with Crippen molar-refractivity contribution < 1.29 is 13.2 Å². The lowest BCUT2D eigenvalue weighted by atomic mass is 10.0. The van der Waals surface area contributed by atoms with Gasteiger partial charge in [-0.3, -0.25) is 4.79 Å². The van der Waals surface area contributed by atoms with Crippen molar-refractivity contribution in [3.8, 4) is 0 Å². The normalized spacial score (nSPS) is 21.5. The highest BCUT2D eigenvalue weighted by molar-refractivity contribution is 7.89. The Bertz CT molecular complexity index is 657. The van der Waals surface area contributed by atoms with E-state index < -0.39 is 10.0 Å². The summed E-state index contributed by atoms with van der Waals surface area (Å²) in [5, 5.41) is 5.91. The summed E-state index contributed by atoms with van der Waals surface area (Å²) in [5.74, 6) is -0.201. The van der Waals surface area contributed by atoms with Crippen LogP contribution in [0.15, 0.2) is 23.1 Å². The minimum absolute atomic E-state index is 0. The molecule has 1 atom stereocenters. The molecule has 2 heterocycles. The fourth-order valence-electron chi connectivity index (χ4n) is 2.80. The van der Waals surface area contributed by atoms with Gasteiger partial charge < -0.3 is 10.6 Å². The number of nitrogens with one attached hydrogen (secondary N) is 3. The number of hydrogen-bond acceptors (Lipinski definition) is 4. The van der Waals surface area contributed by atoms with Gasteiger partial charge in [0.2, 0.25) is 10.0 Å². The summed E-state index contributed by atoms with van der Waals surface area (Å²) in [6, 6.07) is 4.70. The van der Waals surface area contributed by atoms with Crippen LogP contribution in [0.4, 0.5) is 0 Å². The molecular weight excluding hydrogens is 326 g/mol. The number of rotatable bonds is 3. The molecule has 3 rings (SSSR count). The van der Waals surface area contributed by atoms with Gasteiger partial charge in [0.05, 0.1) is 4.90 Å². The highest BCUT2D eigenvalue weighted by Crippen LogP contribution is 2.19. The summed E-state index contributed by atoms with van der Waals surface area (Å²) in [6.45, 7) is 2.17. The van der Waals surface area contributed by atoms with Crippen molar-refractivity contribution in [1.82, 2.24) is 15.4 Å². The number of amides is 1. The molecule has 0 radical (unpaired) electrons. The number of hydrogen-bond donors (Lipinski definition) is 3. The Morgan fingerprint density at radius 2 is 2.05 bits per heavy atom. The highest BCUT2D eigenvalue weighted by Gasteiger charge is 2.24. The maximum absolute atomic E-state index is 12.4. The molecule has 1 fully saturated rings. The lowest BCUT2D eigenvalue weighted by Gasteiger charge is -2.24. The zero-order valence-corrected chi connectivity index (χ0v) is 13.7. The summed E-state index contributed by atoms with van der Waals surface area (Å²) < 4.78 is 27.6. The molecule has 3 N–H and O–H groups in total. The Balaban J connectivity index is 0.00000176. The van der Waals surface area contributed by atoms with Gasteiger partial charge in [0.1, 0.15) is 0 Å². The van der Waals surface area contributed by atoms with Crippen LogP contribution in [0.3, 0.4) is 0 Å². The average Bonchev–Trinajstić information content (AvgIpc) is 2.48. The first-order valence-corrected chi connectivity index (χ1v) is 8.69. The van der Waals surface area contributed by atoms with E-state index in [0.717, 1.165) is 31.4 Å². The predicted molar refractivity (Wildman–Crippen MR) is 85.9 cm³/mol. The second-order valence-electron chi connectivity index (χ2n) is 5.49. The van der Waals surface area contributed by atoms with Gasteiger partial charge >= 0.3 is 0 Å². The molecule has 0 bridgehead atoms. The van der Waals surface area contributed by atoms with E-state index in [9.17, 15) is 13.2 Å². The first-order chi connectivity index (χ1) is 10.1. The van der Waals surface area contributed by atoms with Crippen molar-refractivity contribution in [2.75, 3.05) is 19.6 Å². The molecule has 2 aliphatic rings. The van der Waals surface area contributed by atoms with Gasteiger partial charge in [0, 0.05) is 24.7 Å². The van der Waals surface area contributed by atoms with E-state index in [4.69, 9.17) is 0 Å². The van der Waals surface area contributed by atoms with Crippen LogP contribution < -0.4 is 15.4 Å². The molecular formula is C14H20ClN3O3S. The van der Waals surface area contributed by atoms with Crippen molar-refractivity contribution in [2.24, 2.45) is 0 Å². The number of halogens is 1. The maximum Gasteiger partial charge on any atom is 0.251 e. The zero-order valence-electron chi connectivity index (χ0n) is 12.1. The van der Waals surface area contributed by atoms with Gasteiger partial charge in [-0.1, -0.05) is 6.07 Å². The van der Waals surface area contributed by atoms with Crippen LogP contribution in [-0.2, 0) is 16.4 Å². The van der Waals surface area contributed by atoms with E-state index in [0.29, 0.717) is 18.7 Å². The smallest absolute Gasteiger partial charge is 0.251 e. The third-order valence-electron chi connectivity index (χ3n) is 3.93. The molecule has 1 aromatic rings. The van der Waals surface area contributed by atoms with Crippen molar-refractivity contribution in [3.63, 3.8) is 0 Å². The van der Waals surface area contributed by atoms with Crippen molar-refractivity contribution in [1.29, 1.82) is 0 Å². The van der Waals surface area contributed by atoms with Gasteiger partial charge in [0.25, 0.3) is 5.91 Å². The topological polar surface area (TPSA) is 87.3 Å². The summed E-state index contributed by atoms with van der Waals surface area (Å²) >= 11 is 0. The van der Waals surface area contributed by atoms with E-state index in [-0.39, 0.29) is 29.3 Å². The van der Waals surface area contributed by atoms with E-state index in [1.54, 1.807) is 12.1 Å². The Kier molecular flexibility index (Phi) is 5.44. The lowest BCUT2D eigenvalue weighted by Crippen LogP contribution is -2.45. The molecule has 0 aliphatic carbocycles. The highest BCUT2D eigenvalue weighted by atomic mass is 35.5. The van der Waals surface area contributed by atoms with Crippen LogP contribution in [-0.4, -0.2) is 40.0 Å². The average molecular weight is 346 g/mol. The molecule has 22 heavy (non-hydrogen) atoms. The SMILES string of the molecule is Cl.O=C1NCCc2ccc(S(=O)(=O)NC3CCCNC3)cc21. The Labute approximate surface area is 136 Å². The van der Waals surface area contributed by atoms with Crippen LogP contribution in [0.25, 0.3) is 0 Å². The molecule has 6 nitrogen and oxygen atoms in total. The monoisotopic (exact) mass is 345 g/mol. The molecule has 1 unspecified atom stereocenters. The molecule has 8 heteroatoms. The molecule has 1 amide bonds.